The topological polar surface area (TPSA) is 79.8 Å². The van der Waals surface area contributed by atoms with Crippen LogP contribution in [-0.2, 0) is 11.3 Å². The standard InChI is InChI=1S/C35H42F3N5O3/c1-39-33(44)24-8-13-30(32(19-24)45-2)40-16-4-5-27-20-28-29(6-3-7-31(28)43(27)21-35(36,37)38)41-25-9-11-26(12-10-25)42-17-14-34(15-18-42)22-46-23-34/h3,6-8,13,19-20,25-26,40-41H,9-12,14-18,21-23H2,1-2H3,(H,39,44)/t25-,26-. The van der Waals surface area contributed by atoms with Gasteiger partial charge in [-0.05, 0) is 93.9 Å². The van der Waals surface area contributed by atoms with Gasteiger partial charge in [-0.2, -0.15) is 13.2 Å². The lowest BCUT2D eigenvalue weighted by Gasteiger charge is -2.49. The molecule has 1 aliphatic carbocycles. The van der Waals surface area contributed by atoms with Crippen molar-refractivity contribution < 1.29 is 27.4 Å². The fourth-order valence-corrected chi connectivity index (χ4v) is 7.11. The number of methoxy groups -OCH3 is 1. The van der Waals surface area contributed by atoms with E-state index >= 15 is 0 Å². The van der Waals surface area contributed by atoms with E-state index in [1.165, 1.54) is 24.5 Å². The number of nitrogens with one attached hydrogen (secondary N) is 3. The minimum atomic E-state index is -4.40. The van der Waals surface area contributed by atoms with Crippen LogP contribution in [0.4, 0.5) is 24.5 Å². The van der Waals surface area contributed by atoms with Crippen LogP contribution >= 0.6 is 0 Å². The number of piperidine rings is 1. The zero-order valence-corrected chi connectivity index (χ0v) is 26.4. The van der Waals surface area contributed by atoms with Crippen LogP contribution in [0, 0.1) is 17.3 Å². The van der Waals surface area contributed by atoms with Crippen molar-refractivity contribution >= 4 is 28.2 Å². The van der Waals surface area contributed by atoms with Gasteiger partial charge in [0.2, 0.25) is 0 Å². The Morgan fingerprint density at radius 2 is 1.83 bits per heavy atom. The second-order valence-electron chi connectivity index (χ2n) is 12.8. The molecule has 8 nitrogen and oxygen atoms in total. The van der Waals surface area contributed by atoms with Crippen LogP contribution in [0.15, 0.2) is 42.5 Å². The number of carbonyl (C=O) groups excluding carboxylic acids is 1. The van der Waals surface area contributed by atoms with Gasteiger partial charge < -0.3 is 34.9 Å². The molecule has 2 saturated heterocycles. The Morgan fingerprint density at radius 1 is 1.07 bits per heavy atom. The van der Waals surface area contributed by atoms with Gasteiger partial charge in [-0.25, -0.2) is 0 Å². The fourth-order valence-electron chi connectivity index (χ4n) is 7.11. The van der Waals surface area contributed by atoms with Gasteiger partial charge >= 0.3 is 6.18 Å². The van der Waals surface area contributed by atoms with Crippen molar-refractivity contribution in [3.63, 3.8) is 0 Å². The van der Waals surface area contributed by atoms with Crippen LogP contribution in [0.3, 0.4) is 0 Å². The number of likely N-dealkylation sites (tertiary alicyclic amines) is 1. The maximum Gasteiger partial charge on any atom is 0.406 e. The van der Waals surface area contributed by atoms with E-state index in [1.54, 1.807) is 37.4 Å². The van der Waals surface area contributed by atoms with Crippen LogP contribution in [0.25, 0.3) is 10.9 Å². The monoisotopic (exact) mass is 637 g/mol. The lowest BCUT2D eigenvalue weighted by molar-refractivity contribution is -0.143. The second kappa shape index (κ2) is 13.5. The van der Waals surface area contributed by atoms with Crippen LogP contribution < -0.4 is 20.7 Å². The maximum absolute atomic E-state index is 13.7. The van der Waals surface area contributed by atoms with E-state index in [0.29, 0.717) is 39.7 Å². The molecule has 1 aromatic heterocycles. The summed E-state index contributed by atoms with van der Waals surface area (Å²) in [7, 11) is 3.05. The summed E-state index contributed by atoms with van der Waals surface area (Å²) in [5.74, 6) is 6.16. The van der Waals surface area contributed by atoms with Gasteiger partial charge in [-0.1, -0.05) is 12.0 Å². The number of halogens is 3. The van der Waals surface area contributed by atoms with Crippen LogP contribution in [0.2, 0.25) is 0 Å². The predicted molar refractivity (Wildman–Crippen MR) is 173 cm³/mol. The van der Waals surface area contributed by atoms with Gasteiger partial charge in [0.15, 0.2) is 0 Å². The molecule has 3 fully saturated rings. The molecule has 3 aliphatic rings. The number of aromatic nitrogens is 1. The first-order chi connectivity index (χ1) is 22.2. The quantitative estimate of drug-likeness (QED) is 0.268. The zero-order chi connectivity index (χ0) is 32.3. The summed E-state index contributed by atoms with van der Waals surface area (Å²) in [5, 5.41) is 10.1. The van der Waals surface area contributed by atoms with Crippen molar-refractivity contribution in [2.24, 2.45) is 5.41 Å². The Morgan fingerprint density at radius 3 is 2.48 bits per heavy atom. The van der Waals surface area contributed by atoms with E-state index in [2.05, 4.69) is 32.7 Å². The highest BCUT2D eigenvalue weighted by Crippen LogP contribution is 2.40. The molecule has 1 saturated carbocycles. The second-order valence-corrected chi connectivity index (χ2v) is 12.8. The van der Waals surface area contributed by atoms with Gasteiger partial charge in [0, 0.05) is 41.2 Å². The molecule has 0 atom stereocenters. The number of fused-ring (bicyclic) bond motifs is 1. The van der Waals surface area contributed by atoms with Crippen molar-refractivity contribution in [3.8, 4) is 17.6 Å². The third-order valence-corrected chi connectivity index (χ3v) is 9.81. The Labute approximate surface area is 268 Å². The molecule has 2 aliphatic heterocycles. The Bertz CT molecular complexity index is 1600. The summed E-state index contributed by atoms with van der Waals surface area (Å²) in [6.07, 6.45) is 2.35. The van der Waals surface area contributed by atoms with Crippen molar-refractivity contribution in [1.29, 1.82) is 0 Å². The zero-order valence-electron chi connectivity index (χ0n) is 26.4. The molecular weight excluding hydrogens is 595 g/mol. The number of benzene rings is 2. The summed E-state index contributed by atoms with van der Waals surface area (Å²) >= 11 is 0. The molecule has 3 aromatic rings. The number of ether oxygens (including phenoxy) is 2. The van der Waals surface area contributed by atoms with Gasteiger partial charge in [0.1, 0.15) is 12.3 Å². The number of carbonyl (C=O) groups is 1. The lowest BCUT2D eigenvalue weighted by atomic mass is 9.76. The first kappa shape index (κ1) is 32.1. The van der Waals surface area contributed by atoms with Crippen LogP contribution in [0.1, 0.15) is 54.6 Å². The molecule has 0 radical (unpaired) electrons. The molecule has 3 N–H and O–H groups in total. The van der Waals surface area contributed by atoms with E-state index in [9.17, 15) is 18.0 Å². The summed E-state index contributed by atoms with van der Waals surface area (Å²) in [4.78, 5) is 14.6. The Balaban J connectivity index is 1.13. The highest BCUT2D eigenvalue weighted by molar-refractivity contribution is 5.95. The molecule has 0 bridgehead atoms. The summed E-state index contributed by atoms with van der Waals surface area (Å²) in [6, 6.07) is 13.1. The lowest BCUT2D eigenvalue weighted by Crippen LogP contribution is -2.53. The molecular formula is C35H42F3N5O3. The minimum Gasteiger partial charge on any atom is -0.495 e. The third-order valence-electron chi connectivity index (χ3n) is 9.81. The van der Waals surface area contributed by atoms with Crippen LogP contribution in [-0.4, -0.2) is 80.6 Å². The number of nitrogens with zero attached hydrogens (tertiary/aromatic N) is 2. The molecule has 1 amide bonds. The van der Waals surface area contributed by atoms with Gasteiger partial charge in [0.05, 0.1) is 43.8 Å². The van der Waals surface area contributed by atoms with Gasteiger partial charge in [-0.15, -0.1) is 0 Å². The van der Waals surface area contributed by atoms with Gasteiger partial charge in [0.25, 0.3) is 5.91 Å². The number of hydrogen-bond donors (Lipinski definition) is 3. The minimum absolute atomic E-state index is 0.170. The first-order valence-electron chi connectivity index (χ1n) is 16.1. The Kier molecular flexibility index (Phi) is 9.39. The Hall–Kier alpha value is -3.88. The van der Waals surface area contributed by atoms with Gasteiger partial charge in [-0.3, -0.25) is 4.79 Å². The van der Waals surface area contributed by atoms with Crippen molar-refractivity contribution in [1.82, 2.24) is 14.8 Å². The largest absolute Gasteiger partial charge is 0.495 e. The third kappa shape index (κ3) is 7.08. The van der Waals surface area contributed by atoms with Crippen molar-refractivity contribution in [3.05, 3.63) is 53.7 Å². The maximum atomic E-state index is 13.7. The van der Waals surface area contributed by atoms with Crippen molar-refractivity contribution in [2.45, 2.75) is 63.3 Å². The molecule has 1 spiro atoms. The number of alkyl halides is 3. The number of hydrogen-bond acceptors (Lipinski definition) is 6. The number of rotatable bonds is 8. The molecule has 6 rings (SSSR count). The highest BCUT2D eigenvalue weighted by atomic mass is 19.4. The first-order valence-corrected chi connectivity index (χ1v) is 16.1. The highest BCUT2D eigenvalue weighted by Gasteiger charge is 2.42. The van der Waals surface area contributed by atoms with Crippen molar-refractivity contribution in [2.75, 3.05) is 57.6 Å². The predicted octanol–water partition coefficient (Wildman–Crippen LogP) is 5.87. The van der Waals surface area contributed by atoms with E-state index in [0.717, 1.165) is 63.1 Å². The average Bonchev–Trinajstić information content (AvgIpc) is 3.38. The van der Waals surface area contributed by atoms with E-state index in [1.807, 2.05) is 12.1 Å². The molecule has 3 heterocycles. The normalized spacial score (nSPS) is 21.2. The van der Waals surface area contributed by atoms with Crippen LogP contribution in [0.5, 0.6) is 5.75 Å². The smallest absolute Gasteiger partial charge is 0.406 e. The average molecular weight is 638 g/mol. The molecule has 11 heteroatoms. The van der Waals surface area contributed by atoms with E-state index in [4.69, 9.17) is 9.47 Å². The fraction of sp³-hybridized carbons (Fsp3) is 0.514. The number of amides is 1. The van der Waals surface area contributed by atoms with E-state index in [-0.39, 0.29) is 18.5 Å². The molecule has 2 aromatic carbocycles. The molecule has 246 valence electrons. The number of anilines is 2. The molecule has 0 unspecified atom stereocenters. The van der Waals surface area contributed by atoms with E-state index < -0.39 is 12.7 Å². The molecule has 46 heavy (non-hydrogen) atoms. The summed E-state index contributed by atoms with van der Waals surface area (Å²) in [5.41, 5.74) is 3.15. The summed E-state index contributed by atoms with van der Waals surface area (Å²) < 4.78 is 53.3. The summed E-state index contributed by atoms with van der Waals surface area (Å²) in [6.45, 7) is 3.18. The SMILES string of the molecule is CNC(=O)c1ccc(NCC#Cc2cc3c(N[C@H]4CC[C@H](N5CCC6(CC5)COC6)CC4)cccc3n2CC(F)(F)F)c(OC)c1.